The molecule has 0 bridgehead atoms. The van der Waals surface area contributed by atoms with Crippen LogP contribution in [0.3, 0.4) is 0 Å². The largest absolute Gasteiger partial charge is 0.455 e. The molecule has 2 heterocycles. The quantitative estimate of drug-likeness (QED) is 0.152. The minimum atomic E-state index is 0.902. The number of hydrogen-bond acceptors (Lipinski definition) is 2. The van der Waals surface area contributed by atoms with Crippen molar-refractivity contribution in [3.63, 3.8) is 0 Å². The molecule has 13 rings (SSSR count). The Balaban J connectivity index is 0.870. The van der Waals surface area contributed by atoms with Crippen molar-refractivity contribution in [2.75, 3.05) is 4.90 Å². The fourth-order valence-electron chi connectivity index (χ4n) is 10.2. The van der Waals surface area contributed by atoms with Crippen LogP contribution < -0.4 is 4.90 Å². The van der Waals surface area contributed by atoms with Gasteiger partial charge in [-0.2, -0.15) is 0 Å². The van der Waals surface area contributed by atoms with Crippen molar-refractivity contribution in [3.05, 3.63) is 255 Å². The number of rotatable bonds is 8. The summed E-state index contributed by atoms with van der Waals surface area (Å²) in [4.78, 5) is 2.36. The van der Waals surface area contributed by atoms with Crippen LogP contribution in [-0.2, 0) is 0 Å². The van der Waals surface area contributed by atoms with Gasteiger partial charge in [0.25, 0.3) is 0 Å². The summed E-state index contributed by atoms with van der Waals surface area (Å²) in [5, 5.41) is 7.19. The van der Waals surface area contributed by atoms with Crippen LogP contribution in [0.4, 0.5) is 17.1 Å². The highest BCUT2D eigenvalue weighted by Gasteiger charge is 2.19. The van der Waals surface area contributed by atoms with Crippen LogP contribution >= 0.6 is 0 Å². The summed E-state index contributed by atoms with van der Waals surface area (Å²) in [6, 6.07) is 91.8. The first-order valence-corrected chi connectivity index (χ1v) is 22.9. The van der Waals surface area contributed by atoms with Gasteiger partial charge in [0, 0.05) is 49.7 Å². The van der Waals surface area contributed by atoms with Crippen molar-refractivity contribution in [2.24, 2.45) is 0 Å². The number of aromatic nitrogens is 1. The van der Waals surface area contributed by atoms with Gasteiger partial charge in [-0.25, -0.2) is 0 Å². The Morgan fingerprint density at radius 3 is 1.60 bits per heavy atom. The summed E-state index contributed by atoms with van der Waals surface area (Å²) in [5.41, 5.74) is 17.8. The van der Waals surface area contributed by atoms with Crippen molar-refractivity contribution < 1.29 is 4.42 Å². The molecule has 0 atom stereocenters. The molecule has 0 aliphatic heterocycles. The first-order chi connectivity index (χ1) is 33.2. The third kappa shape index (κ3) is 6.59. The average molecular weight is 855 g/mol. The first-order valence-electron chi connectivity index (χ1n) is 22.9. The molecule has 0 spiro atoms. The van der Waals surface area contributed by atoms with E-state index in [9.17, 15) is 0 Å². The molecule has 3 heteroatoms. The molecule has 0 amide bonds. The van der Waals surface area contributed by atoms with Crippen molar-refractivity contribution in [2.45, 2.75) is 0 Å². The molecule has 11 aromatic carbocycles. The Hall–Kier alpha value is -8.92. The molecule has 0 N–H and O–H groups in total. The van der Waals surface area contributed by atoms with Gasteiger partial charge in [-0.15, -0.1) is 0 Å². The minimum absolute atomic E-state index is 0.902. The normalized spacial score (nSPS) is 11.6. The van der Waals surface area contributed by atoms with Gasteiger partial charge >= 0.3 is 0 Å². The van der Waals surface area contributed by atoms with Gasteiger partial charge in [0.1, 0.15) is 11.2 Å². The number of furan rings is 1. The molecular weight excluding hydrogens is 813 g/mol. The predicted octanol–water partition coefficient (Wildman–Crippen LogP) is 18.0. The molecule has 0 saturated carbocycles. The van der Waals surface area contributed by atoms with E-state index in [-0.39, 0.29) is 0 Å². The summed E-state index contributed by atoms with van der Waals surface area (Å²) >= 11 is 0. The number of benzene rings is 11. The van der Waals surface area contributed by atoms with Gasteiger partial charge in [0.15, 0.2) is 0 Å². The van der Waals surface area contributed by atoms with Crippen LogP contribution in [0.5, 0.6) is 0 Å². The van der Waals surface area contributed by atoms with Gasteiger partial charge in [0.05, 0.1) is 16.7 Å². The molecule has 13 aromatic rings. The maximum absolute atomic E-state index is 6.51. The highest BCUT2D eigenvalue weighted by molar-refractivity contribution is 6.11. The molecule has 314 valence electrons. The van der Waals surface area contributed by atoms with E-state index < -0.39 is 0 Å². The SMILES string of the molecule is c1cc(-c2ccc(N(c3ccc(-c4ccccc4-c4cccc5c4oc4ccccc45)cc3)c3ccc4ccccc4c3)cc2)cc(-c2ccccc2-n2c3ccccc3c3ccccc32)c1. The van der Waals surface area contributed by atoms with Crippen LogP contribution in [0.2, 0.25) is 0 Å². The van der Waals surface area contributed by atoms with Crippen molar-refractivity contribution in [3.8, 4) is 50.2 Å². The minimum Gasteiger partial charge on any atom is -0.455 e. The van der Waals surface area contributed by atoms with E-state index >= 15 is 0 Å². The number of fused-ring (bicyclic) bond motifs is 7. The second kappa shape index (κ2) is 16.0. The smallest absolute Gasteiger partial charge is 0.143 e. The maximum Gasteiger partial charge on any atom is 0.143 e. The molecule has 0 aliphatic carbocycles. The van der Waals surface area contributed by atoms with E-state index in [0.717, 1.165) is 72.5 Å². The van der Waals surface area contributed by atoms with Crippen molar-refractivity contribution in [1.29, 1.82) is 0 Å². The lowest BCUT2D eigenvalue weighted by atomic mass is 9.93. The number of nitrogens with zero attached hydrogens (tertiary/aromatic N) is 2. The maximum atomic E-state index is 6.51. The Kier molecular flexibility index (Phi) is 9.17. The standard InChI is InChI=1S/C64H42N2O/c1-2-16-47-42-51(40-33-43(47)15-1)65(50-38-34-45(35-39-50)52-19-3-4-21-54(52)58-25-14-26-59-57-24-8-12-30-63(57)67-64(58)59)49-36-31-44(32-37-49)46-17-13-18-48(41-46)53-20-5-9-27-60(53)66-61-28-10-6-22-55(61)56-23-7-11-29-62(56)66/h1-42H. The Morgan fingerprint density at radius 2 is 0.836 bits per heavy atom. The second-order valence-corrected chi connectivity index (χ2v) is 17.3. The van der Waals surface area contributed by atoms with E-state index in [0.29, 0.717) is 0 Å². The van der Waals surface area contributed by atoms with E-state index in [1.807, 2.05) is 12.1 Å². The Labute approximate surface area is 388 Å². The molecule has 0 aliphatic rings. The van der Waals surface area contributed by atoms with Crippen molar-refractivity contribution >= 4 is 71.6 Å². The lowest BCUT2D eigenvalue weighted by Crippen LogP contribution is -2.09. The Morgan fingerprint density at radius 1 is 0.299 bits per heavy atom. The van der Waals surface area contributed by atoms with Crippen LogP contribution in [0.25, 0.3) is 105 Å². The average Bonchev–Trinajstić information content (AvgIpc) is 3.95. The molecular formula is C64H42N2O. The van der Waals surface area contributed by atoms with Crippen LogP contribution in [-0.4, -0.2) is 4.57 Å². The lowest BCUT2D eigenvalue weighted by molar-refractivity contribution is 0.670. The van der Waals surface area contributed by atoms with Gasteiger partial charge in [-0.1, -0.05) is 188 Å². The lowest BCUT2D eigenvalue weighted by Gasteiger charge is -2.26. The van der Waals surface area contributed by atoms with Gasteiger partial charge in [0.2, 0.25) is 0 Å². The zero-order valence-electron chi connectivity index (χ0n) is 36.6. The van der Waals surface area contributed by atoms with Gasteiger partial charge in [-0.3, -0.25) is 0 Å². The third-order valence-electron chi connectivity index (χ3n) is 13.4. The van der Waals surface area contributed by atoms with E-state index in [4.69, 9.17) is 4.42 Å². The second-order valence-electron chi connectivity index (χ2n) is 17.3. The molecule has 0 saturated heterocycles. The fraction of sp³-hybridized carbons (Fsp3) is 0. The van der Waals surface area contributed by atoms with Crippen LogP contribution in [0, 0.1) is 0 Å². The molecule has 0 radical (unpaired) electrons. The van der Waals surface area contributed by atoms with Crippen molar-refractivity contribution in [1.82, 2.24) is 4.57 Å². The highest BCUT2D eigenvalue weighted by atomic mass is 16.3. The predicted molar refractivity (Wildman–Crippen MR) is 282 cm³/mol. The molecule has 0 unspecified atom stereocenters. The van der Waals surface area contributed by atoms with E-state index in [1.54, 1.807) is 0 Å². The molecule has 0 fully saturated rings. The summed E-state index contributed by atoms with van der Waals surface area (Å²) in [7, 11) is 0. The molecule has 3 nitrogen and oxygen atoms in total. The summed E-state index contributed by atoms with van der Waals surface area (Å²) < 4.78 is 8.92. The van der Waals surface area contributed by atoms with Crippen LogP contribution in [0.15, 0.2) is 259 Å². The van der Waals surface area contributed by atoms with Gasteiger partial charge < -0.3 is 13.9 Å². The van der Waals surface area contributed by atoms with Crippen LogP contribution in [0.1, 0.15) is 0 Å². The molecule has 2 aromatic heterocycles. The van der Waals surface area contributed by atoms with E-state index in [2.05, 4.69) is 252 Å². The fourth-order valence-corrected chi connectivity index (χ4v) is 10.2. The zero-order valence-corrected chi connectivity index (χ0v) is 36.6. The number of anilines is 3. The molecule has 67 heavy (non-hydrogen) atoms. The van der Waals surface area contributed by atoms with E-state index in [1.165, 1.54) is 49.3 Å². The third-order valence-corrected chi connectivity index (χ3v) is 13.4. The zero-order chi connectivity index (χ0) is 44.3. The summed E-state index contributed by atoms with van der Waals surface area (Å²) in [5.74, 6) is 0. The topological polar surface area (TPSA) is 21.3 Å². The number of para-hydroxylation sites is 5. The summed E-state index contributed by atoms with van der Waals surface area (Å²) in [6.45, 7) is 0. The monoisotopic (exact) mass is 854 g/mol. The van der Waals surface area contributed by atoms with Gasteiger partial charge in [-0.05, 0) is 111 Å². The highest BCUT2D eigenvalue weighted by Crippen LogP contribution is 2.43. The Bertz CT molecular complexity index is 3930. The number of hydrogen-bond donors (Lipinski definition) is 0. The summed E-state index contributed by atoms with van der Waals surface area (Å²) in [6.07, 6.45) is 0. The first kappa shape index (κ1) is 38.5.